The predicted octanol–water partition coefficient (Wildman–Crippen LogP) is 2.17. The molecule has 0 rings (SSSR count). The third-order valence-electron chi connectivity index (χ3n) is 1.01. The molecule has 0 aromatic heterocycles. The second-order valence-corrected chi connectivity index (χ2v) is 2.17. The van der Waals surface area contributed by atoms with Gasteiger partial charge in [0.1, 0.15) is 0 Å². The third kappa shape index (κ3) is 8.25. The monoisotopic (exact) mass is 154 g/mol. The highest BCUT2D eigenvalue weighted by atomic mass is 35.5. The molecule has 0 bridgehead atoms. The molecule has 56 valence electrons. The Bertz CT molecular complexity index is 146. The van der Waals surface area contributed by atoms with Gasteiger partial charge in [0.15, 0.2) is 0 Å². The molecule has 0 saturated carbocycles. The molecule has 0 aromatic carbocycles. The smallest absolute Gasteiger partial charge is 0.0564 e. The Kier molecular flexibility index (Phi) is 3.85. The maximum atomic E-state index is 8.83. The largest absolute Gasteiger partial charge is 0.396 e. The molecule has 0 aliphatic heterocycles. The van der Waals surface area contributed by atoms with Gasteiger partial charge in [-0.05, 0) is 12.8 Å². The number of alkyl halides is 1. The van der Waals surface area contributed by atoms with Crippen molar-refractivity contribution < 1.29 is 10.6 Å². The summed E-state index contributed by atoms with van der Waals surface area (Å²) in [5, 5.41) is 8.83. The Hall–Kier alpha value is 0.250. The van der Waals surface area contributed by atoms with E-state index in [9.17, 15) is 0 Å². The first-order valence-electron chi connectivity index (χ1n) is 5.09. The molecule has 0 aromatic rings. The number of hydrogen-bond donors (Lipinski definition) is 1. The molecular formula is C7H15ClO. The van der Waals surface area contributed by atoms with Crippen molar-refractivity contribution in [1.29, 1.82) is 0 Å². The van der Waals surface area contributed by atoms with E-state index in [1.807, 2.05) is 0 Å². The minimum absolute atomic E-state index is 0.0212. The molecule has 0 fully saturated rings. The van der Waals surface area contributed by atoms with Crippen LogP contribution in [0, 0.1) is 0 Å². The van der Waals surface area contributed by atoms with Crippen LogP contribution in [-0.4, -0.2) is 17.5 Å². The van der Waals surface area contributed by atoms with E-state index < -0.39 is 12.9 Å². The van der Waals surface area contributed by atoms with Crippen LogP contribution in [-0.2, 0) is 0 Å². The first-order chi connectivity index (χ1) is 5.81. The van der Waals surface area contributed by atoms with Crippen LogP contribution in [0.15, 0.2) is 0 Å². The van der Waals surface area contributed by atoms with E-state index in [-0.39, 0.29) is 6.42 Å². The van der Waals surface area contributed by atoms with Gasteiger partial charge >= 0.3 is 0 Å². The Morgan fingerprint density at radius 3 is 2.44 bits per heavy atom. The standard InChI is InChI=1S/C7H15ClO/c8-6-4-2-1-3-5-7-9/h9H,1-7H2/i5D2,7D2. The molecule has 1 nitrogen and oxygen atoms in total. The summed E-state index contributed by atoms with van der Waals surface area (Å²) in [6.45, 7) is -2.76. The van der Waals surface area contributed by atoms with Gasteiger partial charge in [0.05, 0.1) is 2.74 Å². The molecule has 0 aliphatic carbocycles. The fourth-order valence-corrected chi connectivity index (χ4v) is 0.730. The topological polar surface area (TPSA) is 20.2 Å². The van der Waals surface area contributed by atoms with Crippen LogP contribution in [0.5, 0.6) is 0 Å². The van der Waals surface area contributed by atoms with Gasteiger partial charge in [-0.1, -0.05) is 19.3 Å². The first-order valence-corrected chi connectivity index (χ1v) is 3.63. The molecule has 0 atom stereocenters. The Labute approximate surface area is 67.6 Å². The summed E-state index contributed by atoms with van der Waals surface area (Å²) >= 11 is 5.42. The minimum atomic E-state index is -2.76. The summed E-state index contributed by atoms with van der Waals surface area (Å²) in [6, 6.07) is 0. The fourth-order valence-electron chi connectivity index (χ4n) is 0.541. The highest BCUT2D eigenvalue weighted by Gasteiger charge is 1.86. The molecule has 0 heterocycles. The van der Waals surface area contributed by atoms with Crippen molar-refractivity contribution in [1.82, 2.24) is 0 Å². The minimum Gasteiger partial charge on any atom is -0.396 e. The van der Waals surface area contributed by atoms with Crippen LogP contribution < -0.4 is 0 Å². The van der Waals surface area contributed by atoms with E-state index in [0.29, 0.717) is 12.3 Å². The van der Waals surface area contributed by atoms with Gasteiger partial charge in [-0.25, -0.2) is 0 Å². The molecule has 0 aliphatic rings. The summed E-state index contributed by atoms with van der Waals surface area (Å²) in [5.74, 6) is 0.537. The van der Waals surface area contributed by atoms with Crippen LogP contribution in [0.1, 0.15) is 37.5 Å². The number of hydrogen-bond acceptors (Lipinski definition) is 1. The summed E-state index contributed by atoms with van der Waals surface area (Å²) in [5.41, 5.74) is 0. The van der Waals surface area contributed by atoms with Gasteiger partial charge in [-0.15, -0.1) is 11.6 Å². The number of unbranched alkanes of at least 4 members (excludes halogenated alkanes) is 2. The molecular weight excluding hydrogens is 136 g/mol. The summed E-state index contributed by atoms with van der Waals surface area (Å²) in [7, 11) is 0. The van der Waals surface area contributed by atoms with Crippen LogP contribution >= 0.6 is 11.6 Å². The highest BCUT2D eigenvalue weighted by Crippen LogP contribution is 2.02. The van der Waals surface area contributed by atoms with Gasteiger partial charge in [-0.2, -0.15) is 0 Å². The maximum Gasteiger partial charge on any atom is 0.0564 e. The number of halogens is 1. The summed E-state index contributed by atoms with van der Waals surface area (Å²) in [6.07, 6.45) is -0.0440. The van der Waals surface area contributed by atoms with Gasteiger partial charge in [0.25, 0.3) is 0 Å². The molecule has 0 spiro atoms. The van der Waals surface area contributed by atoms with Crippen LogP contribution in [0.2, 0.25) is 0 Å². The number of aliphatic hydroxyl groups is 1. The highest BCUT2D eigenvalue weighted by molar-refractivity contribution is 6.17. The van der Waals surface area contributed by atoms with Gasteiger partial charge in [-0.3, -0.25) is 0 Å². The normalized spacial score (nSPS) is 19.8. The summed E-state index contributed by atoms with van der Waals surface area (Å²) in [4.78, 5) is 0. The lowest BCUT2D eigenvalue weighted by atomic mass is 10.2. The van der Waals surface area contributed by atoms with Crippen molar-refractivity contribution in [3.63, 3.8) is 0 Å². The lowest BCUT2D eigenvalue weighted by molar-refractivity contribution is 0.282. The van der Waals surface area contributed by atoms with E-state index in [0.717, 1.165) is 12.8 Å². The van der Waals surface area contributed by atoms with E-state index in [4.69, 9.17) is 22.2 Å². The van der Waals surface area contributed by atoms with Gasteiger partial charge in [0, 0.05) is 15.2 Å². The zero-order valence-electron chi connectivity index (χ0n) is 9.36. The lowest BCUT2D eigenvalue weighted by Gasteiger charge is -1.95. The van der Waals surface area contributed by atoms with Gasteiger partial charge in [0.2, 0.25) is 0 Å². The average molecular weight is 155 g/mol. The van der Waals surface area contributed by atoms with Crippen LogP contribution in [0.25, 0.3) is 0 Å². The first kappa shape index (κ1) is 4.20. The Morgan fingerprint density at radius 2 is 1.89 bits per heavy atom. The van der Waals surface area contributed by atoms with Crippen molar-refractivity contribution in [2.45, 2.75) is 32.1 Å². The van der Waals surface area contributed by atoms with Crippen molar-refractivity contribution in [2.24, 2.45) is 0 Å². The molecule has 9 heavy (non-hydrogen) atoms. The molecule has 1 N–H and O–H groups in total. The summed E-state index contributed by atoms with van der Waals surface area (Å²) < 4.78 is 28.1. The molecule has 0 saturated heterocycles. The van der Waals surface area contributed by atoms with E-state index in [1.165, 1.54) is 0 Å². The molecule has 0 radical (unpaired) electrons. The average Bonchev–Trinajstić information content (AvgIpc) is 1.96. The Morgan fingerprint density at radius 1 is 1.22 bits per heavy atom. The van der Waals surface area contributed by atoms with E-state index in [1.54, 1.807) is 0 Å². The van der Waals surface area contributed by atoms with E-state index in [2.05, 4.69) is 0 Å². The second-order valence-electron chi connectivity index (χ2n) is 1.79. The van der Waals surface area contributed by atoms with Crippen molar-refractivity contribution in [3.05, 3.63) is 0 Å². The SMILES string of the molecule is [2H]C([2H])(O)C([2H])([2H])CCCCCCl. The lowest BCUT2D eigenvalue weighted by Crippen LogP contribution is -1.83. The maximum absolute atomic E-state index is 8.83. The van der Waals surface area contributed by atoms with E-state index >= 15 is 0 Å². The quantitative estimate of drug-likeness (QED) is 0.459. The zero-order chi connectivity index (χ0) is 10.5. The molecule has 0 amide bonds. The van der Waals surface area contributed by atoms with Crippen LogP contribution in [0.3, 0.4) is 0 Å². The molecule has 0 unspecified atom stereocenters. The predicted molar refractivity (Wildman–Crippen MR) is 40.9 cm³/mol. The zero-order valence-corrected chi connectivity index (χ0v) is 6.12. The second kappa shape index (κ2) is 8.25. The van der Waals surface area contributed by atoms with Crippen molar-refractivity contribution in [3.8, 4) is 0 Å². The van der Waals surface area contributed by atoms with Crippen molar-refractivity contribution >= 4 is 11.6 Å². The Balaban J connectivity index is 3.77. The van der Waals surface area contributed by atoms with Gasteiger partial charge < -0.3 is 5.11 Å². The fraction of sp³-hybridized carbons (Fsp3) is 1.00. The number of rotatable bonds is 6. The third-order valence-corrected chi connectivity index (χ3v) is 1.28. The van der Waals surface area contributed by atoms with Crippen LogP contribution in [0.4, 0.5) is 0 Å². The van der Waals surface area contributed by atoms with Crippen molar-refractivity contribution in [2.75, 3.05) is 12.4 Å². The molecule has 2 heteroatoms.